The van der Waals surface area contributed by atoms with Crippen LogP contribution in [-0.4, -0.2) is 29.3 Å². The lowest BCUT2D eigenvalue weighted by Gasteiger charge is -2.32. The van der Waals surface area contributed by atoms with Gasteiger partial charge < -0.3 is 10.2 Å². The van der Waals surface area contributed by atoms with Gasteiger partial charge in [0.2, 0.25) is 11.8 Å². The van der Waals surface area contributed by atoms with E-state index in [0.29, 0.717) is 19.5 Å². The summed E-state index contributed by atoms with van der Waals surface area (Å²) in [5, 5.41) is 3.08. The van der Waals surface area contributed by atoms with Crippen LogP contribution in [0.1, 0.15) is 30.5 Å². The molecule has 0 aliphatic heterocycles. The summed E-state index contributed by atoms with van der Waals surface area (Å²) < 4.78 is 0. The number of carbonyl (C=O) groups excluding carboxylic acids is 2. The Labute approximate surface area is 191 Å². The highest BCUT2D eigenvalue weighted by Gasteiger charge is 2.31. The molecule has 0 saturated heterocycles. The maximum Gasteiger partial charge on any atom is 0.243 e. The topological polar surface area (TPSA) is 49.4 Å². The summed E-state index contributed by atoms with van der Waals surface area (Å²) in [4.78, 5) is 28.4. The summed E-state index contributed by atoms with van der Waals surface area (Å²) in [5.41, 5.74) is 3.22. The van der Waals surface area contributed by atoms with Crippen LogP contribution in [0.15, 0.2) is 91.0 Å². The molecule has 1 unspecified atom stereocenters. The second kappa shape index (κ2) is 11.8. The lowest BCUT2D eigenvalue weighted by Crippen LogP contribution is -2.51. The highest BCUT2D eigenvalue weighted by Crippen LogP contribution is 2.17. The average Bonchev–Trinajstić information content (AvgIpc) is 2.82. The Morgan fingerprint density at radius 3 is 1.78 bits per heavy atom. The SMILES string of the molecule is CC(C)C(=O)N(Cc1ccccc1)C(Cc1ccccc1)C(=O)NCCc1ccccc1. The third-order valence-electron chi connectivity index (χ3n) is 5.48. The Morgan fingerprint density at radius 1 is 0.750 bits per heavy atom. The van der Waals surface area contributed by atoms with Crippen molar-refractivity contribution >= 4 is 11.8 Å². The predicted octanol–water partition coefficient (Wildman–Crippen LogP) is 4.64. The standard InChI is InChI=1S/C28H32N2O2/c1-22(2)28(32)30(21-25-16-10-5-11-17-25)26(20-24-14-8-4-9-15-24)27(31)29-19-18-23-12-6-3-7-13-23/h3-17,22,26H,18-21H2,1-2H3,(H,29,31). The normalized spacial score (nSPS) is 11.7. The fourth-order valence-electron chi connectivity index (χ4n) is 3.73. The maximum absolute atomic E-state index is 13.4. The third kappa shape index (κ3) is 6.81. The number of benzene rings is 3. The molecule has 0 heterocycles. The molecule has 3 rings (SSSR count). The molecular weight excluding hydrogens is 396 g/mol. The number of hydrogen-bond donors (Lipinski definition) is 1. The van der Waals surface area contributed by atoms with E-state index < -0.39 is 6.04 Å². The van der Waals surface area contributed by atoms with E-state index >= 15 is 0 Å². The first-order valence-corrected chi connectivity index (χ1v) is 11.2. The highest BCUT2D eigenvalue weighted by molar-refractivity contribution is 5.88. The molecule has 0 aliphatic rings. The molecule has 4 heteroatoms. The van der Waals surface area contributed by atoms with Gasteiger partial charge in [0.25, 0.3) is 0 Å². The number of hydrogen-bond acceptors (Lipinski definition) is 2. The van der Waals surface area contributed by atoms with Crippen LogP contribution >= 0.6 is 0 Å². The summed E-state index contributed by atoms with van der Waals surface area (Å²) in [6, 6.07) is 29.3. The lowest BCUT2D eigenvalue weighted by atomic mass is 10.0. The van der Waals surface area contributed by atoms with E-state index in [4.69, 9.17) is 0 Å². The molecule has 1 N–H and O–H groups in total. The molecule has 32 heavy (non-hydrogen) atoms. The van der Waals surface area contributed by atoms with Crippen LogP contribution in [0.2, 0.25) is 0 Å². The van der Waals surface area contributed by atoms with E-state index in [0.717, 1.165) is 17.5 Å². The molecule has 3 aromatic carbocycles. The summed E-state index contributed by atoms with van der Waals surface area (Å²) in [6.45, 7) is 4.70. The second-order valence-corrected chi connectivity index (χ2v) is 8.34. The number of rotatable bonds is 10. The minimum Gasteiger partial charge on any atom is -0.354 e. The zero-order chi connectivity index (χ0) is 22.8. The van der Waals surface area contributed by atoms with Gasteiger partial charge in [-0.25, -0.2) is 0 Å². The Kier molecular flexibility index (Phi) is 8.61. The van der Waals surface area contributed by atoms with Gasteiger partial charge in [0.1, 0.15) is 6.04 Å². The Balaban J connectivity index is 1.81. The first kappa shape index (κ1) is 23.3. The fourth-order valence-corrected chi connectivity index (χ4v) is 3.73. The Morgan fingerprint density at radius 2 is 1.25 bits per heavy atom. The van der Waals surface area contributed by atoms with E-state index in [1.165, 1.54) is 5.56 Å². The molecule has 0 aliphatic carbocycles. The summed E-state index contributed by atoms with van der Waals surface area (Å²) in [6.07, 6.45) is 1.23. The van der Waals surface area contributed by atoms with E-state index in [1.807, 2.05) is 92.7 Å². The van der Waals surface area contributed by atoms with Crippen LogP contribution in [0.4, 0.5) is 0 Å². The number of amides is 2. The van der Waals surface area contributed by atoms with Crippen molar-refractivity contribution in [1.82, 2.24) is 10.2 Å². The van der Waals surface area contributed by atoms with Crippen molar-refractivity contribution in [1.29, 1.82) is 0 Å². The second-order valence-electron chi connectivity index (χ2n) is 8.34. The monoisotopic (exact) mass is 428 g/mol. The van der Waals surface area contributed by atoms with E-state index in [-0.39, 0.29) is 17.7 Å². The third-order valence-corrected chi connectivity index (χ3v) is 5.48. The zero-order valence-electron chi connectivity index (χ0n) is 18.9. The summed E-state index contributed by atoms with van der Waals surface area (Å²) in [5.74, 6) is -0.336. The van der Waals surface area contributed by atoms with Crippen molar-refractivity contribution in [2.45, 2.75) is 39.3 Å². The highest BCUT2D eigenvalue weighted by atomic mass is 16.2. The van der Waals surface area contributed by atoms with E-state index in [9.17, 15) is 9.59 Å². The molecule has 0 radical (unpaired) electrons. The minimum atomic E-state index is -0.580. The molecule has 0 saturated carbocycles. The molecular formula is C28H32N2O2. The van der Waals surface area contributed by atoms with Gasteiger partial charge in [-0.15, -0.1) is 0 Å². The number of nitrogens with zero attached hydrogens (tertiary/aromatic N) is 1. The van der Waals surface area contributed by atoms with Crippen LogP contribution in [0.25, 0.3) is 0 Å². The molecule has 0 spiro atoms. The van der Waals surface area contributed by atoms with Crippen molar-refractivity contribution in [3.63, 3.8) is 0 Å². The molecule has 1 atom stereocenters. The van der Waals surface area contributed by atoms with Crippen molar-refractivity contribution in [3.05, 3.63) is 108 Å². The van der Waals surface area contributed by atoms with E-state index in [2.05, 4.69) is 17.4 Å². The minimum absolute atomic E-state index is 0.0204. The molecule has 3 aromatic rings. The van der Waals surface area contributed by atoms with Gasteiger partial charge >= 0.3 is 0 Å². The van der Waals surface area contributed by atoms with Crippen molar-refractivity contribution in [2.24, 2.45) is 5.92 Å². The molecule has 166 valence electrons. The first-order chi connectivity index (χ1) is 15.5. The average molecular weight is 429 g/mol. The van der Waals surface area contributed by atoms with Crippen molar-refractivity contribution in [2.75, 3.05) is 6.54 Å². The maximum atomic E-state index is 13.4. The first-order valence-electron chi connectivity index (χ1n) is 11.2. The summed E-state index contributed by atoms with van der Waals surface area (Å²) >= 11 is 0. The van der Waals surface area contributed by atoms with Gasteiger partial charge in [0.05, 0.1) is 0 Å². The Bertz CT molecular complexity index is 972. The largest absolute Gasteiger partial charge is 0.354 e. The van der Waals surface area contributed by atoms with Crippen LogP contribution in [0, 0.1) is 5.92 Å². The van der Waals surface area contributed by atoms with Gasteiger partial charge in [-0.1, -0.05) is 105 Å². The lowest BCUT2D eigenvalue weighted by molar-refractivity contribution is -0.143. The number of carbonyl (C=O) groups is 2. The Hall–Kier alpha value is -3.40. The molecule has 0 aromatic heterocycles. The molecule has 0 fully saturated rings. The fraction of sp³-hybridized carbons (Fsp3) is 0.286. The number of nitrogens with one attached hydrogen (secondary N) is 1. The smallest absolute Gasteiger partial charge is 0.243 e. The van der Waals surface area contributed by atoms with Crippen molar-refractivity contribution < 1.29 is 9.59 Å². The predicted molar refractivity (Wildman–Crippen MR) is 129 cm³/mol. The van der Waals surface area contributed by atoms with Gasteiger partial charge in [0.15, 0.2) is 0 Å². The van der Waals surface area contributed by atoms with Gasteiger partial charge in [0, 0.05) is 25.4 Å². The van der Waals surface area contributed by atoms with Crippen molar-refractivity contribution in [3.8, 4) is 0 Å². The van der Waals surface area contributed by atoms with Crippen LogP contribution in [-0.2, 0) is 29.0 Å². The molecule has 2 amide bonds. The van der Waals surface area contributed by atoms with Crippen LogP contribution < -0.4 is 5.32 Å². The van der Waals surface area contributed by atoms with Crippen LogP contribution in [0.5, 0.6) is 0 Å². The summed E-state index contributed by atoms with van der Waals surface area (Å²) in [7, 11) is 0. The molecule has 4 nitrogen and oxygen atoms in total. The van der Waals surface area contributed by atoms with E-state index in [1.54, 1.807) is 4.90 Å². The quantitative estimate of drug-likeness (QED) is 0.511. The van der Waals surface area contributed by atoms with Gasteiger partial charge in [-0.3, -0.25) is 9.59 Å². The van der Waals surface area contributed by atoms with Gasteiger partial charge in [-0.2, -0.15) is 0 Å². The zero-order valence-corrected chi connectivity index (χ0v) is 18.9. The van der Waals surface area contributed by atoms with Gasteiger partial charge in [-0.05, 0) is 23.1 Å². The molecule has 0 bridgehead atoms. The van der Waals surface area contributed by atoms with Crippen LogP contribution in [0.3, 0.4) is 0 Å².